The number of likely N-dealkylation sites (tertiary alicyclic amines) is 1. The molecule has 2 rings (SSSR count). The number of benzene rings is 1. The second-order valence-electron chi connectivity index (χ2n) is 6.76. The SMILES string of the molecule is CCCOCc1ccccc1CNC(=NC)N1CCCC(C(=O)OCC)C1. The lowest BCUT2D eigenvalue weighted by molar-refractivity contribution is -0.149. The Kier molecular flexibility index (Phi) is 9.11. The maximum Gasteiger partial charge on any atom is 0.310 e. The fourth-order valence-corrected chi connectivity index (χ4v) is 3.33. The quantitative estimate of drug-likeness (QED) is 0.328. The maximum absolute atomic E-state index is 12.1. The molecular formula is C21H33N3O3. The normalized spacial score (nSPS) is 17.7. The molecule has 0 radical (unpaired) electrons. The van der Waals surface area contributed by atoms with Gasteiger partial charge in [-0.25, -0.2) is 0 Å². The summed E-state index contributed by atoms with van der Waals surface area (Å²) in [7, 11) is 1.78. The third-order valence-electron chi connectivity index (χ3n) is 4.71. The summed E-state index contributed by atoms with van der Waals surface area (Å²) in [4.78, 5) is 18.7. The Hall–Kier alpha value is -2.08. The van der Waals surface area contributed by atoms with E-state index in [1.807, 2.05) is 19.1 Å². The molecule has 1 saturated heterocycles. The lowest BCUT2D eigenvalue weighted by Crippen LogP contribution is -2.48. The van der Waals surface area contributed by atoms with Gasteiger partial charge in [0.2, 0.25) is 0 Å². The Morgan fingerprint density at radius 1 is 1.30 bits per heavy atom. The lowest BCUT2D eigenvalue weighted by atomic mass is 9.98. The van der Waals surface area contributed by atoms with E-state index in [0.717, 1.165) is 38.4 Å². The number of hydrogen-bond acceptors (Lipinski definition) is 4. The van der Waals surface area contributed by atoms with E-state index >= 15 is 0 Å². The number of guanidine groups is 1. The first kappa shape index (κ1) is 21.2. The average molecular weight is 376 g/mol. The van der Waals surface area contributed by atoms with Gasteiger partial charge in [-0.15, -0.1) is 0 Å². The monoisotopic (exact) mass is 375 g/mol. The molecule has 0 spiro atoms. The second-order valence-corrected chi connectivity index (χ2v) is 6.76. The zero-order valence-corrected chi connectivity index (χ0v) is 16.9. The van der Waals surface area contributed by atoms with Crippen LogP contribution in [0.15, 0.2) is 29.3 Å². The van der Waals surface area contributed by atoms with Gasteiger partial charge in [0.05, 0.1) is 19.1 Å². The highest BCUT2D eigenvalue weighted by Crippen LogP contribution is 2.18. The Morgan fingerprint density at radius 2 is 2.07 bits per heavy atom. The van der Waals surface area contributed by atoms with Crippen LogP contribution in [0.5, 0.6) is 0 Å². The summed E-state index contributed by atoms with van der Waals surface area (Å²) in [6.07, 6.45) is 2.86. The number of carbonyl (C=O) groups excluding carboxylic acids is 1. The van der Waals surface area contributed by atoms with Crippen LogP contribution in [-0.4, -0.2) is 50.2 Å². The minimum atomic E-state index is -0.101. The molecule has 1 N–H and O–H groups in total. The fourth-order valence-electron chi connectivity index (χ4n) is 3.33. The molecule has 0 bridgehead atoms. The predicted molar refractivity (Wildman–Crippen MR) is 108 cm³/mol. The highest BCUT2D eigenvalue weighted by atomic mass is 16.5. The van der Waals surface area contributed by atoms with Crippen LogP contribution in [0.25, 0.3) is 0 Å². The van der Waals surface area contributed by atoms with Gasteiger partial charge in [0.15, 0.2) is 5.96 Å². The number of esters is 1. The molecule has 1 aromatic rings. The van der Waals surface area contributed by atoms with Gasteiger partial charge in [-0.3, -0.25) is 9.79 Å². The largest absolute Gasteiger partial charge is 0.466 e. The van der Waals surface area contributed by atoms with Crippen molar-refractivity contribution in [2.24, 2.45) is 10.9 Å². The Bertz CT molecular complexity index is 618. The molecule has 1 aliphatic heterocycles. The number of nitrogens with one attached hydrogen (secondary N) is 1. The van der Waals surface area contributed by atoms with Crippen LogP contribution >= 0.6 is 0 Å². The zero-order chi connectivity index (χ0) is 19.5. The lowest BCUT2D eigenvalue weighted by Gasteiger charge is -2.34. The average Bonchev–Trinajstić information content (AvgIpc) is 2.70. The maximum atomic E-state index is 12.1. The number of piperidine rings is 1. The van der Waals surface area contributed by atoms with Crippen molar-refractivity contribution < 1.29 is 14.3 Å². The van der Waals surface area contributed by atoms with Crippen molar-refractivity contribution in [3.63, 3.8) is 0 Å². The van der Waals surface area contributed by atoms with Crippen LogP contribution in [0.4, 0.5) is 0 Å². The van der Waals surface area contributed by atoms with E-state index in [-0.39, 0.29) is 11.9 Å². The summed E-state index contributed by atoms with van der Waals surface area (Å²) in [6, 6.07) is 8.30. The van der Waals surface area contributed by atoms with Crippen LogP contribution in [0, 0.1) is 5.92 Å². The molecule has 6 heteroatoms. The highest BCUT2D eigenvalue weighted by Gasteiger charge is 2.28. The predicted octanol–water partition coefficient (Wildman–Crippen LogP) is 2.96. The molecule has 1 unspecified atom stereocenters. The van der Waals surface area contributed by atoms with E-state index in [0.29, 0.717) is 26.3 Å². The van der Waals surface area contributed by atoms with Gasteiger partial charge in [0.25, 0.3) is 0 Å². The molecule has 1 fully saturated rings. The third-order valence-corrected chi connectivity index (χ3v) is 4.71. The molecule has 0 saturated carbocycles. The van der Waals surface area contributed by atoms with Gasteiger partial charge in [-0.05, 0) is 37.3 Å². The summed E-state index contributed by atoms with van der Waals surface area (Å²) in [5, 5.41) is 3.45. The summed E-state index contributed by atoms with van der Waals surface area (Å²) in [6.45, 7) is 8.01. The molecule has 0 aromatic heterocycles. The molecule has 0 amide bonds. The van der Waals surface area contributed by atoms with Gasteiger partial charge < -0.3 is 19.7 Å². The fraction of sp³-hybridized carbons (Fsp3) is 0.619. The standard InChI is InChI=1S/C21H33N3O3/c1-4-13-26-16-19-10-7-6-9-17(19)14-23-21(22-3)24-12-8-11-18(15-24)20(25)27-5-2/h6-7,9-10,18H,4-5,8,11-16H2,1-3H3,(H,22,23). The van der Waals surface area contributed by atoms with E-state index in [1.54, 1.807) is 7.05 Å². The first-order valence-corrected chi connectivity index (χ1v) is 9.96. The third kappa shape index (κ3) is 6.54. The van der Waals surface area contributed by atoms with Gasteiger partial charge in [0, 0.05) is 33.3 Å². The molecule has 27 heavy (non-hydrogen) atoms. The van der Waals surface area contributed by atoms with Gasteiger partial charge in [-0.1, -0.05) is 31.2 Å². The van der Waals surface area contributed by atoms with Gasteiger partial charge >= 0.3 is 5.97 Å². The van der Waals surface area contributed by atoms with E-state index < -0.39 is 0 Å². The van der Waals surface area contributed by atoms with Crippen LogP contribution in [-0.2, 0) is 27.4 Å². The minimum absolute atomic E-state index is 0.0769. The Morgan fingerprint density at radius 3 is 2.78 bits per heavy atom. The molecule has 1 heterocycles. The topological polar surface area (TPSA) is 63.2 Å². The van der Waals surface area contributed by atoms with Crippen molar-refractivity contribution in [1.29, 1.82) is 0 Å². The number of rotatable bonds is 8. The van der Waals surface area contributed by atoms with Gasteiger partial charge in [-0.2, -0.15) is 0 Å². The number of carbonyl (C=O) groups is 1. The summed E-state index contributed by atoms with van der Waals surface area (Å²) < 4.78 is 10.9. The first-order chi connectivity index (χ1) is 13.2. The molecule has 1 atom stereocenters. The smallest absolute Gasteiger partial charge is 0.310 e. The summed E-state index contributed by atoms with van der Waals surface area (Å²) in [5.74, 6) is 0.649. The first-order valence-electron chi connectivity index (χ1n) is 9.96. The molecule has 6 nitrogen and oxygen atoms in total. The Labute approximate surface area is 162 Å². The van der Waals surface area contributed by atoms with Crippen molar-refractivity contribution in [3.8, 4) is 0 Å². The molecule has 150 valence electrons. The zero-order valence-electron chi connectivity index (χ0n) is 16.9. The molecular weight excluding hydrogens is 342 g/mol. The number of nitrogens with zero attached hydrogens (tertiary/aromatic N) is 2. The van der Waals surface area contributed by atoms with Crippen LogP contribution in [0.2, 0.25) is 0 Å². The summed E-state index contributed by atoms with van der Waals surface area (Å²) >= 11 is 0. The van der Waals surface area contributed by atoms with E-state index in [4.69, 9.17) is 9.47 Å². The van der Waals surface area contributed by atoms with Gasteiger partial charge in [0.1, 0.15) is 0 Å². The van der Waals surface area contributed by atoms with Crippen LogP contribution < -0.4 is 5.32 Å². The van der Waals surface area contributed by atoms with Crippen molar-refractivity contribution in [1.82, 2.24) is 10.2 Å². The Balaban J connectivity index is 1.95. The highest BCUT2D eigenvalue weighted by molar-refractivity contribution is 5.81. The molecule has 0 aliphatic carbocycles. The van der Waals surface area contributed by atoms with Crippen molar-refractivity contribution in [2.75, 3.05) is 33.4 Å². The minimum Gasteiger partial charge on any atom is -0.466 e. The van der Waals surface area contributed by atoms with E-state index in [2.05, 4.69) is 34.3 Å². The van der Waals surface area contributed by atoms with E-state index in [9.17, 15) is 4.79 Å². The van der Waals surface area contributed by atoms with Crippen molar-refractivity contribution >= 4 is 11.9 Å². The second kappa shape index (κ2) is 11.6. The number of ether oxygens (including phenoxy) is 2. The number of aliphatic imine (C=N–C) groups is 1. The number of hydrogen-bond donors (Lipinski definition) is 1. The molecule has 1 aromatic carbocycles. The molecule has 1 aliphatic rings. The van der Waals surface area contributed by atoms with E-state index in [1.165, 1.54) is 11.1 Å². The van der Waals surface area contributed by atoms with Crippen molar-refractivity contribution in [3.05, 3.63) is 35.4 Å². The van der Waals surface area contributed by atoms with Crippen LogP contribution in [0.3, 0.4) is 0 Å². The van der Waals surface area contributed by atoms with Crippen molar-refractivity contribution in [2.45, 2.75) is 46.3 Å². The van der Waals surface area contributed by atoms with Crippen LogP contribution in [0.1, 0.15) is 44.2 Å². The summed E-state index contributed by atoms with van der Waals surface area (Å²) in [5.41, 5.74) is 2.39.